The van der Waals surface area contributed by atoms with Crippen LogP contribution in [-0.2, 0) is 6.42 Å². The quantitative estimate of drug-likeness (QED) is 0.837. The molecule has 0 spiro atoms. The maximum Gasteiger partial charge on any atom is 0.212 e. The Hall–Kier alpha value is -1.87. The van der Waals surface area contributed by atoms with Crippen molar-refractivity contribution in [3.63, 3.8) is 0 Å². The summed E-state index contributed by atoms with van der Waals surface area (Å²) in [5.41, 5.74) is 2.53. The van der Waals surface area contributed by atoms with E-state index >= 15 is 0 Å². The molecule has 0 radical (unpaired) electrons. The van der Waals surface area contributed by atoms with Gasteiger partial charge in [-0.15, -0.1) is 0 Å². The Bertz CT molecular complexity index is 496. The Labute approximate surface area is 121 Å². The summed E-state index contributed by atoms with van der Waals surface area (Å²) in [5.74, 6) is 0.659. The molecule has 1 aromatic heterocycles. The SMILES string of the molecule is CCCNC(Cc1ccc(OC)nc1)c1ccccc1. The molecule has 20 heavy (non-hydrogen) atoms. The van der Waals surface area contributed by atoms with Gasteiger partial charge in [-0.25, -0.2) is 4.98 Å². The third kappa shape index (κ3) is 4.07. The lowest BCUT2D eigenvalue weighted by Gasteiger charge is -2.19. The second-order valence-corrected chi connectivity index (χ2v) is 4.83. The number of pyridine rings is 1. The summed E-state index contributed by atoms with van der Waals surface area (Å²) in [6.07, 6.45) is 3.95. The number of methoxy groups -OCH3 is 1. The van der Waals surface area contributed by atoms with Crippen molar-refractivity contribution >= 4 is 0 Å². The predicted octanol–water partition coefficient (Wildman–Crippen LogP) is 3.37. The molecule has 0 aliphatic carbocycles. The van der Waals surface area contributed by atoms with Gasteiger partial charge in [-0.1, -0.05) is 43.3 Å². The van der Waals surface area contributed by atoms with Crippen LogP contribution in [0, 0.1) is 0 Å². The molecule has 0 aliphatic rings. The zero-order valence-corrected chi connectivity index (χ0v) is 12.2. The van der Waals surface area contributed by atoms with Crippen LogP contribution >= 0.6 is 0 Å². The van der Waals surface area contributed by atoms with Crippen LogP contribution in [0.5, 0.6) is 5.88 Å². The van der Waals surface area contributed by atoms with Gasteiger partial charge < -0.3 is 10.1 Å². The Morgan fingerprint density at radius 3 is 2.55 bits per heavy atom. The molecule has 0 bridgehead atoms. The molecule has 2 aromatic rings. The van der Waals surface area contributed by atoms with E-state index in [1.165, 1.54) is 11.1 Å². The summed E-state index contributed by atoms with van der Waals surface area (Å²) < 4.78 is 5.10. The molecule has 1 atom stereocenters. The highest BCUT2D eigenvalue weighted by Gasteiger charge is 2.11. The van der Waals surface area contributed by atoms with Crippen LogP contribution in [0.2, 0.25) is 0 Å². The summed E-state index contributed by atoms with van der Waals surface area (Å²) in [5, 5.41) is 3.60. The van der Waals surface area contributed by atoms with Gasteiger partial charge in [0, 0.05) is 18.3 Å². The van der Waals surface area contributed by atoms with Gasteiger partial charge in [0.1, 0.15) is 0 Å². The van der Waals surface area contributed by atoms with E-state index in [-0.39, 0.29) is 0 Å². The fourth-order valence-electron chi connectivity index (χ4n) is 2.20. The minimum atomic E-state index is 0.325. The van der Waals surface area contributed by atoms with Crippen LogP contribution in [0.15, 0.2) is 48.7 Å². The van der Waals surface area contributed by atoms with Crippen molar-refractivity contribution in [1.82, 2.24) is 10.3 Å². The maximum atomic E-state index is 5.10. The third-order valence-electron chi connectivity index (χ3n) is 3.29. The molecule has 1 aromatic carbocycles. The standard InChI is InChI=1S/C17H22N2O/c1-3-11-18-16(15-7-5-4-6-8-15)12-14-9-10-17(20-2)19-13-14/h4-10,13,16,18H,3,11-12H2,1-2H3. The molecule has 1 heterocycles. The molecule has 0 amide bonds. The normalized spacial score (nSPS) is 12.1. The van der Waals surface area contributed by atoms with Gasteiger partial charge in [0.2, 0.25) is 5.88 Å². The van der Waals surface area contributed by atoms with Crippen molar-refractivity contribution in [2.75, 3.05) is 13.7 Å². The van der Waals surface area contributed by atoms with Crippen LogP contribution in [0.25, 0.3) is 0 Å². The molecule has 0 saturated heterocycles. The van der Waals surface area contributed by atoms with Crippen molar-refractivity contribution in [2.24, 2.45) is 0 Å². The number of nitrogens with one attached hydrogen (secondary N) is 1. The molecular formula is C17H22N2O. The number of hydrogen-bond donors (Lipinski definition) is 1. The largest absolute Gasteiger partial charge is 0.481 e. The topological polar surface area (TPSA) is 34.1 Å². The minimum Gasteiger partial charge on any atom is -0.481 e. The Morgan fingerprint density at radius 2 is 1.95 bits per heavy atom. The molecule has 1 N–H and O–H groups in total. The molecule has 3 heteroatoms. The predicted molar refractivity (Wildman–Crippen MR) is 82.0 cm³/mol. The number of rotatable bonds is 7. The van der Waals surface area contributed by atoms with Crippen LogP contribution in [0.1, 0.15) is 30.5 Å². The van der Waals surface area contributed by atoms with Gasteiger partial charge in [-0.2, -0.15) is 0 Å². The van der Waals surface area contributed by atoms with Crippen molar-refractivity contribution < 1.29 is 4.74 Å². The number of aromatic nitrogens is 1. The average Bonchev–Trinajstić information content (AvgIpc) is 2.53. The molecule has 3 nitrogen and oxygen atoms in total. The van der Waals surface area contributed by atoms with Gasteiger partial charge in [0.05, 0.1) is 7.11 Å². The molecule has 0 aliphatic heterocycles. The fraction of sp³-hybridized carbons (Fsp3) is 0.353. The van der Waals surface area contributed by atoms with E-state index in [4.69, 9.17) is 4.74 Å². The van der Waals surface area contributed by atoms with Crippen LogP contribution < -0.4 is 10.1 Å². The van der Waals surface area contributed by atoms with Gasteiger partial charge in [0.15, 0.2) is 0 Å². The molecule has 0 saturated carbocycles. The first-order chi connectivity index (χ1) is 9.83. The van der Waals surface area contributed by atoms with E-state index in [9.17, 15) is 0 Å². The Balaban J connectivity index is 2.10. The van der Waals surface area contributed by atoms with Crippen LogP contribution in [-0.4, -0.2) is 18.6 Å². The number of nitrogens with zero attached hydrogens (tertiary/aromatic N) is 1. The van der Waals surface area contributed by atoms with Gasteiger partial charge >= 0.3 is 0 Å². The van der Waals surface area contributed by atoms with Crippen molar-refractivity contribution in [1.29, 1.82) is 0 Å². The van der Waals surface area contributed by atoms with E-state index < -0.39 is 0 Å². The lowest BCUT2D eigenvalue weighted by atomic mass is 10.00. The van der Waals surface area contributed by atoms with E-state index in [2.05, 4.69) is 53.6 Å². The second kappa shape index (κ2) is 7.65. The van der Waals surface area contributed by atoms with Crippen molar-refractivity contribution in [3.05, 3.63) is 59.8 Å². The molecule has 2 rings (SSSR count). The number of benzene rings is 1. The summed E-state index contributed by atoms with van der Waals surface area (Å²) in [7, 11) is 1.64. The van der Waals surface area contributed by atoms with E-state index in [1.54, 1.807) is 7.11 Å². The molecule has 0 fully saturated rings. The number of hydrogen-bond acceptors (Lipinski definition) is 3. The lowest BCUT2D eigenvalue weighted by Crippen LogP contribution is -2.24. The van der Waals surface area contributed by atoms with E-state index in [0.29, 0.717) is 11.9 Å². The van der Waals surface area contributed by atoms with Crippen molar-refractivity contribution in [2.45, 2.75) is 25.8 Å². The summed E-state index contributed by atoms with van der Waals surface area (Å²) in [4.78, 5) is 4.27. The summed E-state index contributed by atoms with van der Waals surface area (Å²) in [6.45, 7) is 3.20. The van der Waals surface area contributed by atoms with Crippen molar-refractivity contribution in [3.8, 4) is 5.88 Å². The lowest BCUT2D eigenvalue weighted by molar-refractivity contribution is 0.397. The highest BCUT2D eigenvalue weighted by molar-refractivity contribution is 5.24. The van der Waals surface area contributed by atoms with Gasteiger partial charge in [-0.3, -0.25) is 0 Å². The Kier molecular flexibility index (Phi) is 5.56. The summed E-state index contributed by atoms with van der Waals surface area (Å²) in [6, 6.07) is 14.9. The smallest absolute Gasteiger partial charge is 0.212 e. The Morgan fingerprint density at radius 1 is 1.15 bits per heavy atom. The first-order valence-corrected chi connectivity index (χ1v) is 7.10. The van der Waals surface area contributed by atoms with Crippen LogP contribution in [0.3, 0.4) is 0 Å². The summed E-state index contributed by atoms with van der Waals surface area (Å²) >= 11 is 0. The first-order valence-electron chi connectivity index (χ1n) is 7.10. The average molecular weight is 270 g/mol. The molecule has 106 valence electrons. The highest BCUT2D eigenvalue weighted by Crippen LogP contribution is 2.19. The first kappa shape index (κ1) is 14.5. The molecule has 1 unspecified atom stereocenters. The monoisotopic (exact) mass is 270 g/mol. The zero-order chi connectivity index (χ0) is 14.2. The van der Waals surface area contributed by atoms with Gasteiger partial charge in [-0.05, 0) is 30.5 Å². The minimum absolute atomic E-state index is 0.325. The third-order valence-corrected chi connectivity index (χ3v) is 3.29. The van der Waals surface area contributed by atoms with E-state index in [0.717, 1.165) is 19.4 Å². The maximum absolute atomic E-state index is 5.10. The zero-order valence-electron chi connectivity index (χ0n) is 12.2. The van der Waals surface area contributed by atoms with Crippen LogP contribution in [0.4, 0.5) is 0 Å². The van der Waals surface area contributed by atoms with Gasteiger partial charge in [0.25, 0.3) is 0 Å². The molecular weight excluding hydrogens is 248 g/mol. The van der Waals surface area contributed by atoms with E-state index in [1.807, 2.05) is 12.3 Å². The fourth-order valence-corrected chi connectivity index (χ4v) is 2.20. The highest BCUT2D eigenvalue weighted by atomic mass is 16.5. The second-order valence-electron chi connectivity index (χ2n) is 4.83. The number of ether oxygens (including phenoxy) is 1.